The summed E-state index contributed by atoms with van der Waals surface area (Å²) >= 11 is 0. The molecule has 1 saturated heterocycles. The van der Waals surface area contributed by atoms with Crippen LogP contribution < -0.4 is 0 Å². The summed E-state index contributed by atoms with van der Waals surface area (Å²) in [5, 5.41) is 0. The first-order valence-corrected chi connectivity index (χ1v) is 4.17. The Labute approximate surface area is 66.2 Å². The monoisotopic (exact) mass is 152 g/mol. The molecule has 3 unspecified atom stereocenters. The summed E-state index contributed by atoms with van der Waals surface area (Å²) in [5.41, 5.74) is 0. The molecule has 3 atom stereocenters. The Morgan fingerprint density at radius 1 is 1.64 bits per heavy atom. The Balaban J connectivity index is 2.08. The van der Waals surface area contributed by atoms with Gasteiger partial charge in [0.2, 0.25) is 0 Å². The highest BCUT2D eigenvalue weighted by Crippen LogP contribution is 2.34. The van der Waals surface area contributed by atoms with Crippen LogP contribution in [-0.4, -0.2) is 18.0 Å². The number of carbonyl (C=O) groups excluding carboxylic acids is 1. The first kappa shape index (κ1) is 7.04. The SMILES string of the molecule is CCC(=O)C1CC2C=CC1O2. The van der Waals surface area contributed by atoms with E-state index in [1.807, 2.05) is 13.0 Å². The normalized spacial score (nSPS) is 39.9. The molecule has 2 aliphatic rings. The maximum Gasteiger partial charge on any atom is 0.138 e. The smallest absolute Gasteiger partial charge is 0.138 e. The van der Waals surface area contributed by atoms with E-state index in [2.05, 4.69) is 6.08 Å². The molecule has 1 fully saturated rings. The molecule has 0 aromatic carbocycles. The van der Waals surface area contributed by atoms with Gasteiger partial charge in [0.15, 0.2) is 0 Å². The number of hydrogen-bond acceptors (Lipinski definition) is 2. The van der Waals surface area contributed by atoms with Crippen molar-refractivity contribution in [3.8, 4) is 0 Å². The van der Waals surface area contributed by atoms with Crippen LogP contribution in [0.2, 0.25) is 0 Å². The Morgan fingerprint density at radius 2 is 2.45 bits per heavy atom. The van der Waals surface area contributed by atoms with Crippen molar-refractivity contribution in [3.63, 3.8) is 0 Å². The highest BCUT2D eigenvalue weighted by atomic mass is 16.5. The Hall–Kier alpha value is -0.630. The molecule has 2 aliphatic heterocycles. The number of Topliss-reactive ketones (excluding diaryl/α,β-unsaturated/α-hetero) is 1. The van der Waals surface area contributed by atoms with Crippen molar-refractivity contribution in [1.29, 1.82) is 0 Å². The highest BCUT2D eigenvalue weighted by Gasteiger charge is 2.39. The van der Waals surface area contributed by atoms with Gasteiger partial charge in [0.05, 0.1) is 18.1 Å². The zero-order valence-electron chi connectivity index (χ0n) is 6.62. The molecule has 0 spiro atoms. The molecule has 2 heteroatoms. The molecular weight excluding hydrogens is 140 g/mol. The fraction of sp³-hybridized carbons (Fsp3) is 0.667. The van der Waals surface area contributed by atoms with Crippen LogP contribution in [0.15, 0.2) is 12.2 Å². The van der Waals surface area contributed by atoms with E-state index in [0.717, 1.165) is 6.42 Å². The molecule has 11 heavy (non-hydrogen) atoms. The van der Waals surface area contributed by atoms with Crippen LogP contribution >= 0.6 is 0 Å². The van der Waals surface area contributed by atoms with Gasteiger partial charge in [-0.1, -0.05) is 19.1 Å². The molecule has 0 N–H and O–H groups in total. The maximum absolute atomic E-state index is 11.3. The molecule has 0 aromatic heterocycles. The van der Waals surface area contributed by atoms with Crippen LogP contribution in [0.25, 0.3) is 0 Å². The molecule has 0 aromatic rings. The van der Waals surface area contributed by atoms with Gasteiger partial charge in [0.25, 0.3) is 0 Å². The van der Waals surface area contributed by atoms with E-state index >= 15 is 0 Å². The van der Waals surface area contributed by atoms with Gasteiger partial charge in [-0.3, -0.25) is 4.79 Å². The first-order chi connectivity index (χ1) is 5.31. The van der Waals surface area contributed by atoms with Gasteiger partial charge in [-0.25, -0.2) is 0 Å². The summed E-state index contributed by atoms with van der Waals surface area (Å²) in [6, 6.07) is 0. The van der Waals surface area contributed by atoms with Crippen molar-refractivity contribution in [3.05, 3.63) is 12.2 Å². The Kier molecular flexibility index (Phi) is 1.57. The second kappa shape index (κ2) is 2.45. The lowest BCUT2D eigenvalue weighted by atomic mass is 9.89. The third-order valence-electron chi connectivity index (χ3n) is 2.49. The fourth-order valence-corrected chi connectivity index (χ4v) is 1.85. The second-order valence-electron chi connectivity index (χ2n) is 3.19. The predicted molar refractivity (Wildman–Crippen MR) is 41.2 cm³/mol. The topological polar surface area (TPSA) is 26.3 Å². The van der Waals surface area contributed by atoms with E-state index in [-0.39, 0.29) is 18.1 Å². The van der Waals surface area contributed by atoms with Crippen LogP contribution in [0, 0.1) is 5.92 Å². The summed E-state index contributed by atoms with van der Waals surface area (Å²) in [7, 11) is 0. The standard InChI is InChI=1S/C9H12O2/c1-2-8(10)7-5-6-3-4-9(7)11-6/h3-4,6-7,9H,2,5H2,1H3. The van der Waals surface area contributed by atoms with Gasteiger partial charge < -0.3 is 4.74 Å². The largest absolute Gasteiger partial charge is 0.366 e. The molecule has 2 heterocycles. The molecule has 2 nitrogen and oxygen atoms in total. The first-order valence-electron chi connectivity index (χ1n) is 4.17. The fourth-order valence-electron chi connectivity index (χ4n) is 1.85. The average molecular weight is 152 g/mol. The molecule has 0 saturated carbocycles. The highest BCUT2D eigenvalue weighted by molar-refractivity contribution is 5.82. The number of ketones is 1. The molecule has 2 rings (SSSR count). The molecule has 2 bridgehead atoms. The molecule has 0 aliphatic carbocycles. The van der Waals surface area contributed by atoms with Gasteiger partial charge in [0, 0.05) is 6.42 Å². The molecule has 60 valence electrons. The number of fused-ring (bicyclic) bond motifs is 2. The van der Waals surface area contributed by atoms with Gasteiger partial charge in [-0.15, -0.1) is 0 Å². The van der Waals surface area contributed by atoms with Crippen LogP contribution in [0.1, 0.15) is 19.8 Å². The van der Waals surface area contributed by atoms with Crippen molar-refractivity contribution < 1.29 is 9.53 Å². The van der Waals surface area contributed by atoms with Crippen LogP contribution in [-0.2, 0) is 9.53 Å². The molecular formula is C9H12O2. The van der Waals surface area contributed by atoms with Crippen molar-refractivity contribution >= 4 is 5.78 Å². The van der Waals surface area contributed by atoms with Gasteiger partial charge in [-0.2, -0.15) is 0 Å². The van der Waals surface area contributed by atoms with Crippen molar-refractivity contribution in [2.45, 2.75) is 32.0 Å². The van der Waals surface area contributed by atoms with E-state index in [9.17, 15) is 4.79 Å². The minimum Gasteiger partial charge on any atom is -0.366 e. The minimum absolute atomic E-state index is 0.104. The van der Waals surface area contributed by atoms with Crippen LogP contribution in [0.3, 0.4) is 0 Å². The molecule has 0 radical (unpaired) electrons. The predicted octanol–water partition coefficient (Wildman–Crippen LogP) is 1.31. The lowest BCUT2D eigenvalue weighted by Gasteiger charge is -2.11. The van der Waals surface area contributed by atoms with E-state index in [1.54, 1.807) is 0 Å². The molecule has 0 amide bonds. The summed E-state index contributed by atoms with van der Waals surface area (Å²) in [4.78, 5) is 11.3. The number of hydrogen-bond donors (Lipinski definition) is 0. The summed E-state index contributed by atoms with van der Waals surface area (Å²) in [6.07, 6.45) is 5.98. The van der Waals surface area contributed by atoms with Crippen molar-refractivity contribution in [1.82, 2.24) is 0 Å². The number of rotatable bonds is 2. The number of carbonyl (C=O) groups is 1. The quantitative estimate of drug-likeness (QED) is 0.558. The van der Waals surface area contributed by atoms with Crippen LogP contribution in [0.4, 0.5) is 0 Å². The lowest BCUT2D eigenvalue weighted by molar-refractivity contribution is -0.123. The zero-order valence-corrected chi connectivity index (χ0v) is 6.62. The van der Waals surface area contributed by atoms with E-state index in [0.29, 0.717) is 12.2 Å². The van der Waals surface area contributed by atoms with Gasteiger partial charge in [0.1, 0.15) is 5.78 Å². The van der Waals surface area contributed by atoms with Gasteiger partial charge >= 0.3 is 0 Å². The van der Waals surface area contributed by atoms with Gasteiger partial charge in [-0.05, 0) is 6.42 Å². The summed E-state index contributed by atoms with van der Waals surface area (Å²) < 4.78 is 5.48. The zero-order chi connectivity index (χ0) is 7.84. The Bertz CT molecular complexity index is 208. The van der Waals surface area contributed by atoms with E-state index < -0.39 is 0 Å². The third-order valence-corrected chi connectivity index (χ3v) is 2.49. The van der Waals surface area contributed by atoms with Crippen LogP contribution in [0.5, 0.6) is 0 Å². The van der Waals surface area contributed by atoms with E-state index in [4.69, 9.17) is 4.74 Å². The number of ether oxygens (including phenoxy) is 1. The second-order valence-corrected chi connectivity index (χ2v) is 3.19. The Morgan fingerprint density at radius 3 is 2.91 bits per heavy atom. The van der Waals surface area contributed by atoms with E-state index in [1.165, 1.54) is 0 Å². The van der Waals surface area contributed by atoms with Crippen molar-refractivity contribution in [2.75, 3.05) is 0 Å². The lowest BCUT2D eigenvalue weighted by Crippen LogP contribution is -2.22. The summed E-state index contributed by atoms with van der Waals surface area (Å²) in [6.45, 7) is 1.91. The van der Waals surface area contributed by atoms with Crippen molar-refractivity contribution in [2.24, 2.45) is 5.92 Å². The minimum atomic E-state index is 0.104. The third kappa shape index (κ3) is 1.02. The average Bonchev–Trinajstić information content (AvgIpc) is 2.62. The summed E-state index contributed by atoms with van der Waals surface area (Å²) in [5.74, 6) is 0.511. The maximum atomic E-state index is 11.3.